The van der Waals surface area contributed by atoms with E-state index in [1.54, 1.807) is 21.6 Å². The number of carbonyl (C=O) groups is 1. The molecule has 1 amide bonds. The van der Waals surface area contributed by atoms with Crippen LogP contribution in [0.15, 0.2) is 65.5 Å². The maximum atomic E-state index is 13.2. The molecule has 1 saturated heterocycles. The predicted molar refractivity (Wildman–Crippen MR) is 114 cm³/mol. The summed E-state index contributed by atoms with van der Waals surface area (Å²) >= 11 is 0. The van der Waals surface area contributed by atoms with Gasteiger partial charge in [0.25, 0.3) is 11.5 Å². The van der Waals surface area contributed by atoms with Crippen molar-refractivity contribution in [3.63, 3.8) is 0 Å². The number of rotatable bonds is 2. The fourth-order valence-corrected chi connectivity index (χ4v) is 4.97. The zero-order chi connectivity index (χ0) is 23.3. The highest BCUT2D eigenvalue weighted by atomic mass is 19.4. The summed E-state index contributed by atoms with van der Waals surface area (Å²) in [5.41, 5.74) is 0.532. The highest BCUT2D eigenvalue weighted by Crippen LogP contribution is 2.37. The van der Waals surface area contributed by atoms with Gasteiger partial charge in [0.1, 0.15) is 5.82 Å². The van der Waals surface area contributed by atoms with E-state index in [0.717, 1.165) is 24.2 Å². The normalized spacial score (nSPS) is 19.8. The van der Waals surface area contributed by atoms with E-state index in [4.69, 9.17) is 0 Å². The molecule has 3 heterocycles. The lowest BCUT2D eigenvalue weighted by Crippen LogP contribution is -2.49. The molecule has 1 fully saturated rings. The predicted octanol–water partition coefficient (Wildman–Crippen LogP) is 4.93. The first kappa shape index (κ1) is 21.4. The third kappa shape index (κ3) is 3.94. The minimum Gasteiger partial charge on any atom is -0.338 e. The van der Waals surface area contributed by atoms with Gasteiger partial charge in [0.15, 0.2) is 0 Å². The second-order valence-electron chi connectivity index (χ2n) is 8.68. The van der Waals surface area contributed by atoms with Gasteiger partial charge in [-0.15, -0.1) is 0 Å². The Morgan fingerprint density at radius 2 is 1.70 bits per heavy atom. The Labute approximate surface area is 187 Å². The molecule has 0 aliphatic carbocycles. The number of benzene rings is 2. The molecule has 1 aromatic heterocycles. The van der Waals surface area contributed by atoms with E-state index < -0.39 is 17.6 Å². The first-order chi connectivity index (χ1) is 15.7. The number of nitrogens with zero attached hydrogens (tertiary/aromatic N) is 2. The SMILES string of the molecule is O=C(c1ccc(F)cc1)N1CC2CC(C1)c1ccc(-c3cccc(C(F)(F)F)c3)c(=O)n1C2. The van der Waals surface area contributed by atoms with Gasteiger partial charge in [0.2, 0.25) is 0 Å². The third-order valence-corrected chi connectivity index (χ3v) is 6.48. The summed E-state index contributed by atoms with van der Waals surface area (Å²) in [6.45, 7) is 1.28. The Morgan fingerprint density at radius 3 is 2.42 bits per heavy atom. The molecule has 0 radical (unpaired) electrons. The Hall–Kier alpha value is -3.42. The molecule has 8 heteroatoms. The lowest BCUT2D eigenvalue weighted by Gasteiger charge is -2.43. The minimum atomic E-state index is -4.49. The van der Waals surface area contributed by atoms with Crippen molar-refractivity contribution in [3.05, 3.63) is 93.7 Å². The van der Waals surface area contributed by atoms with Gasteiger partial charge in [0.05, 0.1) is 5.56 Å². The van der Waals surface area contributed by atoms with Crippen LogP contribution >= 0.6 is 0 Å². The van der Waals surface area contributed by atoms with Crippen molar-refractivity contribution in [1.82, 2.24) is 9.47 Å². The summed E-state index contributed by atoms with van der Waals surface area (Å²) in [5, 5.41) is 0. The largest absolute Gasteiger partial charge is 0.416 e. The van der Waals surface area contributed by atoms with Crippen molar-refractivity contribution in [1.29, 1.82) is 0 Å². The summed E-state index contributed by atoms with van der Waals surface area (Å²) < 4.78 is 54.2. The Kier molecular flexibility index (Phi) is 5.11. The molecule has 2 aromatic carbocycles. The van der Waals surface area contributed by atoms with Crippen LogP contribution < -0.4 is 5.56 Å². The molecule has 2 aliphatic heterocycles. The number of alkyl halides is 3. The Bertz CT molecular complexity index is 1280. The monoisotopic (exact) mass is 456 g/mol. The van der Waals surface area contributed by atoms with Crippen molar-refractivity contribution in [2.24, 2.45) is 5.92 Å². The maximum absolute atomic E-state index is 13.2. The maximum Gasteiger partial charge on any atom is 0.416 e. The number of aromatic nitrogens is 1. The molecule has 2 bridgehead atoms. The van der Waals surface area contributed by atoms with Crippen LogP contribution in [0.25, 0.3) is 11.1 Å². The standard InChI is InChI=1S/C25H20F4N2O2/c26-20-6-4-16(5-7-20)23(32)30-12-15-10-18(14-30)22-9-8-21(24(33)31(22)13-15)17-2-1-3-19(11-17)25(27,28)29/h1-9,11,15,18H,10,12-14H2. The van der Waals surface area contributed by atoms with Gasteiger partial charge < -0.3 is 9.47 Å². The summed E-state index contributed by atoms with van der Waals surface area (Å²) in [4.78, 5) is 27.9. The molecule has 3 aromatic rings. The lowest BCUT2D eigenvalue weighted by atomic mass is 9.82. The van der Waals surface area contributed by atoms with Crippen molar-refractivity contribution in [2.45, 2.75) is 25.1 Å². The number of hydrogen-bond donors (Lipinski definition) is 0. The molecule has 0 spiro atoms. The van der Waals surface area contributed by atoms with Crippen LogP contribution in [-0.2, 0) is 12.7 Å². The molecule has 2 aliphatic rings. The van der Waals surface area contributed by atoms with E-state index >= 15 is 0 Å². The Balaban J connectivity index is 1.45. The van der Waals surface area contributed by atoms with Crippen molar-refractivity contribution < 1.29 is 22.4 Å². The van der Waals surface area contributed by atoms with Gasteiger partial charge in [-0.25, -0.2) is 4.39 Å². The fraction of sp³-hybridized carbons (Fsp3) is 0.280. The molecule has 170 valence electrons. The molecular weight excluding hydrogens is 436 g/mol. The summed E-state index contributed by atoms with van der Waals surface area (Å²) in [7, 11) is 0. The van der Waals surface area contributed by atoms with Gasteiger partial charge in [-0.3, -0.25) is 9.59 Å². The molecule has 5 rings (SSSR count). The lowest BCUT2D eigenvalue weighted by molar-refractivity contribution is -0.137. The van der Waals surface area contributed by atoms with Gasteiger partial charge in [-0.2, -0.15) is 13.2 Å². The summed E-state index contributed by atoms with van der Waals surface area (Å²) in [5.74, 6) is -0.590. The average molecular weight is 456 g/mol. The molecular formula is C25H20F4N2O2. The average Bonchev–Trinajstić information content (AvgIpc) is 2.79. The van der Waals surface area contributed by atoms with Gasteiger partial charge in [-0.05, 0) is 66.4 Å². The first-order valence-electron chi connectivity index (χ1n) is 10.7. The minimum absolute atomic E-state index is 0.0508. The van der Waals surface area contributed by atoms with E-state index in [0.29, 0.717) is 25.2 Å². The summed E-state index contributed by atoms with van der Waals surface area (Å²) in [6.07, 6.45) is -3.66. The smallest absolute Gasteiger partial charge is 0.338 e. The molecule has 0 N–H and O–H groups in total. The highest BCUT2D eigenvalue weighted by molar-refractivity contribution is 5.94. The topological polar surface area (TPSA) is 42.3 Å². The van der Waals surface area contributed by atoms with E-state index in [-0.39, 0.29) is 34.4 Å². The van der Waals surface area contributed by atoms with E-state index in [1.165, 1.54) is 36.4 Å². The van der Waals surface area contributed by atoms with Crippen LogP contribution in [-0.4, -0.2) is 28.5 Å². The molecule has 2 atom stereocenters. The van der Waals surface area contributed by atoms with Crippen LogP contribution in [0.4, 0.5) is 17.6 Å². The molecule has 2 unspecified atom stereocenters. The van der Waals surface area contributed by atoms with E-state index in [9.17, 15) is 27.2 Å². The number of likely N-dealkylation sites (tertiary alicyclic amines) is 1. The zero-order valence-electron chi connectivity index (χ0n) is 17.5. The number of amides is 1. The Morgan fingerprint density at radius 1 is 0.939 bits per heavy atom. The number of pyridine rings is 1. The third-order valence-electron chi connectivity index (χ3n) is 6.48. The number of piperidine rings is 1. The van der Waals surface area contributed by atoms with Crippen LogP contribution in [0.2, 0.25) is 0 Å². The number of carbonyl (C=O) groups excluding carboxylic acids is 1. The fourth-order valence-electron chi connectivity index (χ4n) is 4.97. The second-order valence-corrected chi connectivity index (χ2v) is 8.68. The quantitative estimate of drug-likeness (QED) is 0.513. The highest BCUT2D eigenvalue weighted by Gasteiger charge is 2.37. The van der Waals surface area contributed by atoms with Crippen molar-refractivity contribution in [3.8, 4) is 11.1 Å². The second kappa shape index (κ2) is 7.86. The van der Waals surface area contributed by atoms with Gasteiger partial charge in [0, 0.05) is 42.4 Å². The number of halogens is 4. The molecule has 33 heavy (non-hydrogen) atoms. The number of fused-ring (bicyclic) bond motifs is 4. The van der Waals surface area contributed by atoms with Crippen molar-refractivity contribution in [2.75, 3.05) is 13.1 Å². The van der Waals surface area contributed by atoms with Crippen LogP contribution in [0, 0.1) is 11.7 Å². The van der Waals surface area contributed by atoms with Crippen molar-refractivity contribution >= 4 is 5.91 Å². The van der Waals surface area contributed by atoms with Crippen LogP contribution in [0.1, 0.15) is 34.0 Å². The number of hydrogen-bond acceptors (Lipinski definition) is 2. The first-order valence-corrected chi connectivity index (χ1v) is 10.7. The molecule has 4 nitrogen and oxygen atoms in total. The van der Waals surface area contributed by atoms with Gasteiger partial charge in [-0.1, -0.05) is 12.1 Å². The van der Waals surface area contributed by atoms with Crippen LogP contribution in [0.5, 0.6) is 0 Å². The van der Waals surface area contributed by atoms with Gasteiger partial charge >= 0.3 is 6.18 Å². The zero-order valence-corrected chi connectivity index (χ0v) is 17.5. The summed E-state index contributed by atoms with van der Waals surface area (Å²) in [6, 6.07) is 13.6. The van der Waals surface area contributed by atoms with Crippen LogP contribution in [0.3, 0.4) is 0 Å². The van der Waals surface area contributed by atoms with E-state index in [1.807, 2.05) is 0 Å². The molecule has 0 saturated carbocycles. The van der Waals surface area contributed by atoms with E-state index in [2.05, 4.69) is 0 Å².